The number of aliphatic imine (C=N–C) groups is 1. The Labute approximate surface area is 96.7 Å². The van der Waals surface area contributed by atoms with Gasteiger partial charge in [0.05, 0.1) is 6.20 Å². The topological polar surface area (TPSA) is 67.1 Å². The van der Waals surface area contributed by atoms with Crippen molar-refractivity contribution in [3.8, 4) is 0 Å². The molecule has 1 aromatic rings. The van der Waals surface area contributed by atoms with E-state index in [0.29, 0.717) is 11.7 Å². The molecular formula is C12H20N4. The number of aromatic amines is 1. The van der Waals surface area contributed by atoms with Crippen LogP contribution in [-0.2, 0) is 0 Å². The minimum absolute atomic E-state index is 0.470. The number of H-pyrrole nitrogens is 1. The van der Waals surface area contributed by atoms with E-state index < -0.39 is 0 Å². The molecule has 0 fully saturated rings. The largest absolute Gasteiger partial charge is 0.384 e. The van der Waals surface area contributed by atoms with Crippen LogP contribution >= 0.6 is 0 Å². The highest BCUT2D eigenvalue weighted by molar-refractivity contribution is 5.92. The molecule has 0 aromatic carbocycles. The van der Waals surface area contributed by atoms with Crippen molar-refractivity contribution in [2.75, 3.05) is 12.8 Å². The summed E-state index contributed by atoms with van der Waals surface area (Å²) in [4.78, 5) is 4.11. The molecular weight excluding hydrogens is 200 g/mol. The van der Waals surface area contributed by atoms with E-state index in [4.69, 9.17) is 5.73 Å². The number of rotatable bonds is 4. The molecule has 0 aliphatic heterocycles. The maximum absolute atomic E-state index is 5.82. The van der Waals surface area contributed by atoms with Crippen LogP contribution in [0.2, 0.25) is 0 Å². The Bertz CT molecular complexity index is 401. The van der Waals surface area contributed by atoms with Gasteiger partial charge in [-0.05, 0) is 30.4 Å². The van der Waals surface area contributed by atoms with Crippen molar-refractivity contribution in [2.24, 2.45) is 10.9 Å². The molecule has 0 saturated carbocycles. The molecule has 4 nitrogen and oxygen atoms in total. The lowest BCUT2D eigenvalue weighted by molar-refractivity contribution is 0.681. The average molecular weight is 220 g/mol. The molecule has 0 amide bonds. The van der Waals surface area contributed by atoms with Gasteiger partial charge in [0.25, 0.3) is 0 Å². The van der Waals surface area contributed by atoms with Crippen molar-refractivity contribution in [3.05, 3.63) is 17.3 Å². The van der Waals surface area contributed by atoms with Crippen molar-refractivity contribution in [3.63, 3.8) is 0 Å². The lowest BCUT2D eigenvalue weighted by Crippen LogP contribution is -2.03. The molecule has 0 aliphatic rings. The van der Waals surface area contributed by atoms with E-state index >= 15 is 0 Å². The molecule has 0 saturated heterocycles. The number of allylic oxidation sites excluding steroid dienone is 2. The minimum Gasteiger partial charge on any atom is -0.384 e. The Morgan fingerprint density at radius 1 is 1.69 bits per heavy atom. The van der Waals surface area contributed by atoms with Gasteiger partial charge in [-0.2, -0.15) is 5.10 Å². The zero-order valence-corrected chi connectivity index (χ0v) is 10.4. The summed E-state index contributed by atoms with van der Waals surface area (Å²) in [5.41, 5.74) is 9.15. The summed E-state index contributed by atoms with van der Waals surface area (Å²) in [7, 11) is 1.79. The predicted molar refractivity (Wildman–Crippen MR) is 69.5 cm³/mol. The normalized spacial score (nSPS) is 15.2. The van der Waals surface area contributed by atoms with Gasteiger partial charge in [0.1, 0.15) is 5.82 Å². The highest BCUT2D eigenvalue weighted by Gasteiger charge is 2.12. The second-order valence-electron chi connectivity index (χ2n) is 3.97. The van der Waals surface area contributed by atoms with Crippen LogP contribution in [0.3, 0.4) is 0 Å². The zero-order chi connectivity index (χ0) is 12.1. The van der Waals surface area contributed by atoms with E-state index in [2.05, 4.69) is 36.0 Å². The van der Waals surface area contributed by atoms with Crippen LogP contribution < -0.4 is 5.73 Å². The first-order chi connectivity index (χ1) is 7.61. The van der Waals surface area contributed by atoms with E-state index in [1.165, 1.54) is 5.57 Å². The molecule has 0 aliphatic carbocycles. The average Bonchev–Trinajstić information content (AvgIpc) is 2.70. The van der Waals surface area contributed by atoms with Crippen LogP contribution in [0.1, 0.15) is 32.8 Å². The smallest absolute Gasteiger partial charge is 0.126 e. The van der Waals surface area contributed by atoms with E-state index in [0.717, 1.165) is 17.6 Å². The third-order valence-corrected chi connectivity index (χ3v) is 2.92. The standard InChI is InChI=1S/C12H20N4/c1-5-8(2)10(6-14-4)9(3)11-7-15-16-12(11)13/h6-8H,5H2,1-4H3,(H3,13,15,16)/b10-9-,14-6?. The molecule has 0 bridgehead atoms. The first-order valence-electron chi connectivity index (χ1n) is 5.53. The Hall–Kier alpha value is -1.58. The maximum atomic E-state index is 5.82. The Morgan fingerprint density at radius 3 is 2.81 bits per heavy atom. The third kappa shape index (κ3) is 2.51. The van der Waals surface area contributed by atoms with E-state index in [1.807, 2.05) is 6.21 Å². The third-order valence-electron chi connectivity index (χ3n) is 2.92. The first-order valence-corrected chi connectivity index (χ1v) is 5.53. The number of nitrogens with one attached hydrogen (secondary N) is 1. The van der Waals surface area contributed by atoms with Crippen LogP contribution in [0.25, 0.3) is 5.57 Å². The summed E-state index contributed by atoms with van der Waals surface area (Å²) in [6, 6.07) is 0. The zero-order valence-electron chi connectivity index (χ0n) is 10.4. The fourth-order valence-electron chi connectivity index (χ4n) is 1.70. The summed E-state index contributed by atoms with van der Waals surface area (Å²) >= 11 is 0. The van der Waals surface area contributed by atoms with Crippen LogP contribution in [0.15, 0.2) is 16.8 Å². The number of nitrogen functional groups attached to an aromatic ring is 1. The van der Waals surface area contributed by atoms with Crippen molar-refractivity contribution in [1.82, 2.24) is 10.2 Å². The summed E-state index contributed by atoms with van der Waals surface area (Å²) in [6.07, 6.45) is 4.75. The summed E-state index contributed by atoms with van der Waals surface area (Å²) in [6.45, 7) is 6.42. The van der Waals surface area contributed by atoms with Gasteiger partial charge >= 0.3 is 0 Å². The molecule has 1 atom stereocenters. The molecule has 0 spiro atoms. The Morgan fingerprint density at radius 2 is 2.38 bits per heavy atom. The van der Waals surface area contributed by atoms with Gasteiger partial charge in [-0.15, -0.1) is 0 Å². The van der Waals surface area contributed by atoms with Crippen molar-refractivity contribution in [2.45, 2.75) is 27.2 Å². The van der Waals surface area contributed by atoms with Gasteiger partial charge in [0, 0.05) is 18.8 Å². The number of nitrogens with zero attached hydrogens (tertiary/aromatic N) is 2. The maximum Gasteiger partial charge on any atom is 0.126 e. The van der Waals surface area contributed by atoms with Gasteiger partial charge in [-0.25, -0.2) is 0 Å². The molecule has 1 heterocycles. The fraction of sp³-hybridized carbons (Fsp3) is 0.500. The quantitative estimate of drug-likeness (QED) is 0.765. The Balaban J connectivity index is 3.21. The van der Waals surface area contributed by atoms with Gasteiger partial charge in [-0.1, -0.05) is 13.8 Å². The number of aromatic nitrogens is 2. The lowest BCUT2D eigenvalue weighted by Gasteiger charge is -2.13. The van der Waals surface area contributed by atoms with Crippen molar-refractivity contribution >= 4 is 17.6 Å². The summed E-state index contributed by atoms with van der Waals surface area (Å²) in [5, 5.41) is 6.69. The van der Waals surface area contributed by atoms with Crippen LogP contribution in [0.5, 0.6) is 0 Å². The fourth-order valence-corrected chi connectivity index (χ4v) is 1.70. The molecule has 1 unspecified atom stereocenters. The number of nitrogens with two attached hydrogens (primary N) is 1. The van der Waals surface area contributed by atoms with Gasteiger partial charge in [-0.3, -0.25) is 10.1 Å². The second kappa shape index (κ2) is 5.49. The molecule has 16 heavy (non-hydrogen) atoms. The van der Waals surface area contributed by atoms with Crippen LogP contribution in [-0.4, -0.2) is 23.5 Å². The van der Waals surface area contributed by atoms with Crippen LogP contribution in [0.4, 0.5) is 5.82 Å². The van der Waals surface area contributed by atoms with E-state index in [1.54, 1.807) is 13.2 Å². The molecule has 0 radical (unpaired) electrons. The lowest BCUT2D eigenvalue weighted by atomic mass is 9.92. The molecule has 88 valence electrons. The highest BCUT2D eigenvalue weighted by atomic mass is 15.1. The molecule has 1 aromatic heterocycles. The van der Waals surface area contributed by atoms with E-state index in [-0.39, 0.29) is 0 Å². The van der Waals surface area contributed by atoms with Crippen molar-refractivity contribution < 1.29 is 0 Å². The molecule has 3 N–H and O–H groups in total. The van der Waals surface area contributed by atoms with Gasteiger partial charge in [0.2, 0.25) is 0 Å². The number of anilines is 1. The van der Waals surface area contributed by atoms with Gasteiger partial charge < -0.3 is 5.73 Å². The monoisotopic (exact) mass is 220 g/mol. The summed E-state index contributed by atoms with van der Waals surface area (Å²) < 4.78 is 0. The molecule has 1 rings (SSSR count). The highest BCUT2D eigenvalue weighted by Crippen LogP contribution is 2.26. The summed E-state index contributed by atoms with van der Waals surface area (Å²) in [5.74, 6) is 1.08. The number of hydrogen-bond acceptors (Lipinski definition) is 3. The Kier molecular flexibility index (Phi) is 4.28. The van der Waals surface area contributed by atoms with Crippen molar-refractivity contribution in [1.29, 1.82) is 0 Å². The molecule has 4 heteroatoms. The van der Waals surface area contributed by atoms with Gasteiger partial charge in [0.15, 0.2) is 0 Å². The minimum atomic E-state index is 0.470. The SMILES string of the molecule is CCC(C)/C(C=NC)=C(/C)c1cn[nH]c1N. The van der Waals surface area contributed by atoms with E-state index in [9.17, 15) is 0 Å². The number of hydrogen-bond donors (Lipinski definition) is 2. The van der Waals surface area contributed by atoms with Crippen LogP contribution in [0, 0.1) is 5.92 Å². The predicted octanol–water partition coefficient (Wildman–Crippen LogP) is 2.51. The second-order valence-corrected chi connectivity index (χ2v) is 3.97. The first kappa shape index (κ1) is 12.5.